The Morgan fingerprint density at radius 2 is 1.39 bits per heavy atom. The predicted octanol–water partition coefficient (Wildman–Crippen LogP) is -2.45. The van der Waals surface area contributed by atoms with Crippen molar-refractivity contribution >= 4 is 0 Å². The zero-order valence-electron chi connectivity index (χ0n) is 16.9. The number of allylic oxidation sites excluding steroid dienone is 4. The summed E-state index contributed by atoms with van der Waals surface area (Å²) in [5.41, 5.74) is 8.18. The average Bonchev–Trinajstić information content (AvgIpc) is 3.04. The van der Waals surface area contributed by atoms with Crippen molar-refractivity contribution in [1.29, 1.82) is 0 Å². The van der Waals surface area contributed by atoms with Crippen LogP contribution in [-0.2, 0) is 21.7 Å². The average molecular weight is 470 g/mol. The second kappa shape index (κ2) is 13.7. The van der Waals surface area contributed by atoms with Gasteiger partial charge in [0.2, 0.25) is 0 Å². The number of benzene rings is 2. The summed E-state index contributed by atoms with van der Waals surface area (Å²) >= 11 is 0. The van der Waals surface area contributed by atoms with Crippen LogP contribution in [0.4, 0.5) is 0 Å². The molecule has 0 aliphatic heterocycles. The molecule has 0 aromatic heterocycles. The Bertz CT molecular complexity index is 750. The molecule has 0 nitrogen and oxygen atoms in total. The molecular weight excluding hydrogens is 442 g/mol. The Morgan fingerprint density at radius 3 is 1.82 bits per heavy atom. The van der Waals surface area contributed by atoms with Gasteiger partial charge in [0, 0.05) is 5.92 Å². The molecule has 0 saturated heterocycles. The van der Waals surface area contributed by atoms with Crippen molar-refractivity contribution in [2.45, 2.75) is 46.5 Å². The van der Waals surface area contributed by atoms with Gasteiger partial charge in [-0.3, -0.25) is 0 Å². The van der Waals surface area contributed by atoms with E-state index in [0.717, 1.165) is 6.42 Å². The third kappa shape index (κ3) is 7.08. The van der Waals surface area contributed by atoms with E-state index >= 15 is 0 Å². The molecule has 0 spiro atoms. The predicted molar refractivity (Wildman–Crippen MR) is 103 cm³/mol. The van der Waals surface area contributed by atoms with E-state index in [2.05, 4.69) is 88.4 Å². The van der Waals surface area contributed by atoms with Gasteiger partial charge in [-0.2, -0.15) is 5.57 Å². The topological polar surface area (TPSA) is 0 Å². The number of hydrogen-bond acceptors (Lipinski definition) is 0. The molecular formula is C24H27Cl3Ti. The van der Waals surface area contributed by atoms with E-state index in [1.165, 1.54) is 39.8 Å². The number of rotatable bonds is 5. The molecule has 3 rings (SSSR count). The second-order valence-corrected chi connectivity index (χ2v) is 7.08. The Balaban J connectivity index is 0. The summed E-state index contributed by atoms with van der Waals surface area (Å²) in [6, 6.07) is 17.9. The molecule has 1 unspecified atom stereocenters. The third-order valence-corrected chi connectivity index (χ3v) is 5.09. The standard InChI is InChI=1S/C24H27.3ClH.Ti/c1-5-19(4)20-12-13-23(16-20)24(21-10-6-8-17(2)14-21)22-11-7-9-18(3)15-22;;;;/h6-12,14-15,19,24H,5,13H2,1-4H3;3*1H;/q-1;;;;+4/p-3. The van der Waals surface area contributed by atoms with Gasteiger partial charge in [-0.15, -0.1) is 0 Å². The fourth-order valence-corrected chi connectivity index (χ4v) is 3.54. The van der Waals surface area contributed by atoms with Crippen LogP contribution in [0.1, 0.15) is 54.9 Å². The zero-order valence-corrected chi connectivity index (χ0v) is 20.7. The van der Waals surface area contributed by atoms with Crippen molar-refractivity contribution in [1.82, 2.24) is 0 Å². The first-order valence-corrected chi connectivity index (χ1v) is 9.04. The molecule has 148 valence electrons. The molecule has 0 heterocycles. The largest absolute Gasteiger partial charge is 4.00 e. The summed E-state index contributed by atoms with van der Waals surface area (Å²) in [5.74, 6) is 0.903. The number of halogens is 3. The first-order chi connectivity index (χ1) is 11.6. The van der Waals surface area contributed by atoms with Gasteiger partial charge in [-0.1, -0.05) is 92.3 Å². The van der Waals surface area contributed by atoms with Crippen LogP contribution >= 0.6 is 0 Å². The number of hydrogen-bond donors (Lipinski definition) is 0. The molecule has 0 radical (unpaired) electrons. The van der Waals surface area contributed by atoms with Gasteiger partial charge in [-0.25, -0.2) is 17.7 Å². The van der Waals surface area contributed by atoms with Crippen molar-refractivity contribution in [3.8, 4) is 0 Å². The molecule has 4 heteroatoms. The molecule has 1 atom stereocenters. The smallest absolute Gasteiger partial charge is 1.00 e. The molecule has 0 bridgehead atoms. The van der Waals surface area contributed by atoms with Gasteiger partial charge >= 0.3 is 21.7 Å². The van der Waals surface area contributed by atoms with Gasteiger partial charge in [-0.05, 0) is 25.0 Å². The molecule has 1 aliphatic rings. The van der Waals surface area contributed by atoms with Gasteiger partial charge in [0.25, 0.3) is 0 Å². The SMILES string of the molecule is CCC(C)C1=CCC(C(c2cccc(C)c2)c2cccc(C)c2)=[C-]1.[Cl-].[Cl-].[Cl-].[Ti+4]. The van der Waals surface area contributed by atoms with E-state index in [4.69, 9.17) is 0 Å². The Kier molecular flexibility index (Phi) is 14.5. The van der Waals surface area contributed by atoms with Gasteiger partial charge < -0.3 is 37.2 Å². The maximum absolute atomic E-state index is 3.76. The Morgan fingerprint density at radius 1 is 0.893 bits per heavy atom. The summed E-state index contributed by atoms with van der Waals surface area (Å²) in [7, 11) is 0. The van der Waals surface area contributed by atoms with E-state index in [1.54, 1.807) is 0 Å². The van der Waals surface area contributed by atoms with Crippen LogP contribution in [0.2, 0.25) is 0 Å². The van der Waals surface area contributed by atoms with E-state index in [0.29, 0.717) is 11.8 Å². The second-order valence-electron chi connectivity index (χ2n) is 7.08. The Hall–Kier alpha value is -0.496. The molecule has 0 N–H and O–H groups in total. The summed E-state index contributed by atoms with van der Waals surface area (Å²) in [6.45, 7) is 8.90. The Labute approximate surface area is 204 Å². The maximum Gasteiger partial charge on any atom is 4.00 e. The molecule has 0 amide bonds. The van der Waals surface area contributed by atoms with Gasteiger partial charge in [0.1, 0.15) is 0 Å². The fraction of sp³-hybridized carbons (Fsp3) is 0.333. The minimum atomic E-state index is 0. The summed E-state index contributed by atoms with van der Waals surface area (Å²) in [5, 5.41) is 0. The number of aryl methyl sites for hydroxylation is 2. The van der Waals surface area contributed by atoms with Crippen LogP contribution in [0.25, 0.3) is 0 Å². The fourth-order valence-electron chi connectivity index (χ4n) is 3.54. The van der Waals surface area contributed by atoms with E-state index in [-0.39, 0.29) is 58.9 Å². The van der Waals surface area contributed by atoms with Crippen molar-refractivity contribution in [3.63, 3.8) is 0 Å². The maximum atomic E-state index is 3.76. The minimum absolute atomic E-state index is 0. The van der Waals surface area contributed by atoms with Crippen molar-refractivity contribution in [3.05, 3.63) is 94.1 Å². The van der Waals surface area contributed by atoms with E-state index < -0.39 is 0 Å². The van der Waals surface area contributed by atoms with Crippen LogP contribution < -0.4 is 37.2 Å². The third-order valence-electron chi connectivity index (χ3n) is 5.09. The molecule has 2 aromatic carbocycles. The summed E-state index contributed by atoms with van der Waals surface area (Å²) in [4.78, 5) is 0. The minimum Gasteiger partial charge on any atom is -1.00 e. The molecule has 0 fully saturated rings. The monoisotopic (exact) mass is 468 g/mol. The molecule has 1 aliphatic carbocycles. The van der Waals surface area contributed by atoms with Crippen LogP contribution in [0, 0.1) is 25.8 Å². The van der Waals surface area contributed by atoms with Crippen molar-refractivity contribution in [2.24, 2.45) is 5.92 Å². The summed E-state index contributed by atoms with van der Waals surface area (Å²) < 4.78 is 0. The van der Waals surface area contributed by atoms with Crippen LogP contribution in [-0.4, -0.2) is 0 Å². The zero-order chi connectivity index (χ0) is 17.1. The molecule has 28 heavy (non-hydrogen) atoms. The normalized spacial score (nSPS) is 13.2. The molecule has 2 aromatic rings. The van der Waals surface area contributed by atoms with Crippen LogP contribution in [0.3, 0.4) is 0 Å². The van der Waals surface area contributed by atoms with Crippen LogP contribution in [0.15, 0.2) is 65.8 Å². The van der Waals surface area contributed by atoms with E-state index in [1.807, 2.05) is 0 Å². The van der Waals surface area contributed by atoms with E-state index in [9.17, 15) is 0 Å². The summed E-state index contributed by atoms with van der Waals surface area (Å²) in [6.07, 6.45) is 8.32. The first-order valence-electron chi connectivity index (χ1n) is 9.04. The van der Waals surface area contributed by atoms with Crippen molar-refractivity contribution < 1.29 is 58.9 Å². The molecule has 0 saturated carbocycles. The van der Waals surface area contributed by atoms with Crippen LogP contribution in [0.5, 0.6) is 0 Å². The first kappa shape index (κ1) is 29.7. The quantitative estimate of drug-likeness (QED) is 0.337. The van der Waals surface area contributed by atoms with Gasteiger partial charge in [0.15, 0.2) is 0 Å². The van der Waals surface area contributed by atoms with Crippen molar-refractivity contribution in [2.75, 3.05) is 0 Å². The van der Waals surface area contributed by atoms with Gasteiger partial charge in [0.05, 0.1) is 0 Å².